The van der Waals surface area contributed by atoms with E-state index in [1.807, 2.05) is 43.4 Å². The van der Waals surface area contributed by atoms with Gasteiger partial charge in [-0.25, -0.2) is 4.98 Å². The first-order valence-corrected chi connectivity index (χ1v) is 12.2. The molecule has 0 saturated heterocycles. The number of benzene rings is 2. The Morgan fingerprint density at radius 2 is 1.69 bits per heavy atom. The highest BCUT2D eigenvalue weighted by Crippen LogP contribution is 2.25. The van der Waals surface area contributed by atoms with Crippen LogP contribution in [0.25, 0.3) is 10.9 Å². The van der Waals surface area contributed by atoms with Gasteiger partial charge < -0.3 is 15.4 Å². The number of nitrogens with one attached hydrogen (secondary N) is 3. The molecule has 172 valence electrons. The summed E-state index contributed by atoms with van der Waals surface area (Å²) in [5.41, 5.74) is 0.966. The van der Waals surface area contributed by atoms with E-state index in [-0.39, 0.29) is 0 Å². The Morgan fingerprint density at radius 1 is 0.938 bits per heavy atom. The molecule has 0 bridgehead atoms. The van der Waals surface area contributed by atoms with Gasteiger partial charge in [-0.2, -0.15) is 4.98 Å². The summed E-state index contributed by atoms with van der Waals surface area (Å²) in [5, 5.41) is 7.84. The molecule has 2 aromatic carbocycles. The Bertz CT molecular complexity index is 919. The number of hydrogen-bond donors (Lipinski definition) is 3. The van der Waals surface area contributed by atoms with Crippen molar-refractivity contribution in [1.29, 1.82) is 0 Å². The predicted octanol–water partition coefficient (Wildman–Crippen LogP) is 5.59. The highest BCUT2D eigenvalue weighted by atomic mass is 32.2. The lowest BCUT2D eigenvalue weighted by atomic mass is 9.89. The zero-order chi connectivity index (χ0) is 22.4. The molecule has 32 heavy (non-hydrogen) atoms. The van der Waals surface area contributed by atoms with E-state index in [0.29, 0.717) is 12.6 Å². The molecule has 1 aromatic heterocycles. The summed E-state index contributed by atoms with van der Waals surface area (Å²) in [6.45, 7) is 2.36. The van der Waals surface area contributed by atoms with Crippen molar-refractivity contribution >= 4 is 34.6 Å². The van der Waals surface area contributed by atoms with E-state index in [1.54, 1.807) is 19.1 Å². The minimum Gasteiger partial charge on any atom is -0.383 e. The van der Waals surface area contributed by atoms with Gasteiger partial charge in [-0.15, -0.1) is 0 Å². The Kier molecular flexibility index (Phi) is 10.6. The third kappa shape index (κ3) is 7.97. The fourth-order valence-electron chi connectivity index (χ4n) is 3.80. The topological polar surface area (TPSA) is 71.1 Å². The zero-order valence-electron chi connectivity index (χ0n) is 19.1. The van der Waals surface area contributed by atoms with Crippen molar-refractivity contribution in [3.8, 4) is 0 Å². The van der Waals surface area contributed by atoms with Gasteiger partial charge in [0.25, 0.3) is 0 Å². The average molecular weight is 454 g/mol. The zero-order valence-corrected chi connectivity index (χ0v) is 20.0. The van der Waals surface area contributed by atoms with Crippen molar-refractivity contribution in [3.63, 3.8) is 0 Å². The quantitative estimate of drug-likeness (QED) is 0.288. The molecule has 3 aromatic rings. The van der Waals surface area contributed by atoms with Gasteiger partial charge in [0.15, 0.2) is 0 Å². The molecule has 1 saturated carbocycles. The summed E-state index contributed by atoms with van der Waals surface area (Å²) in [7, 11) is 3.62. The van der Waals surface area contributed by atoms with Crippen LogP contribution < -0.4 is 15.4 Å². The molecule has 1 fully saturated rings. The number of ether oxygens (including phenoxy) is 1. The molecular weight excluding hydrogens is 418 g/mol. The summed E-state index contributed by atoms with van der Waals surface area (Å²) in [5.74, 6) is 2.34. The predicted molar refractivity (Wildman–Crippen MR) is 136 cm³/mol. The molecule has 0 spiro atoms. The molecule has 0 radical (unpaired) electrons. The molecule has 0 amide bonds. The Morgan fingerprint density at radius 3 is 2.44 bits per heavy atom. The monoisotopic (exact) mass is 453 g/mol. The number of nitrogens with zero attached hydrogens (tertiary/aromatic N) is 2. The lowest BCUT2D eigenvalue weighted by molar-refractivity contribution is 0.210. The smallest absolute Gasteiger partial charge is 0.225 e. The van der Waals surface area contributed by atoms with Gasteiger partial charge in [0, 0.05) is 30.5 Å². The standard InChI is InChI=1S/C18H26N4O.C7H9NS/c1-23-12-11-19-17-15-9-5-6-10-16(15)21-18(22-17)20-13-14-7-3-2-4-8-14;1-8-9-7-5-3-2-4-6-7/h5-6,9-10,14H,2-4,7-8,11-13H2,1H3,(H2,19,20,21,22);2-6,8H,1H3. The first-order valence-electron chi connectivity index (χ1n) is 11.4. The lowest BCUT2D eigenvalue weighted by Gasteiger charge is -2.22. The molecule has 7 heteroatoms. The molecule has 1 aliphatic carbocycles. The number of hydrogen-bond acceptors (Lipinski definition) is 7. The van der Waals surface area contributed by atoms with Crippen LogP contribution in [0.1, 0.15) is 32.1 Å². The van der Waals surface area contributed by atoms with Crippen LogP contribution in [0.4, 0.5) is 11.8 Å². The third-order valence-corrected chi connectivity index (χ3v) is 6.15. The summed E-state index contributed by atoms with van der Waals surface area (Å²) < 4.78 is 8.11. The van der Waals surface area contributed by atoms with Crippen LogP contribution in [0.5, 0.6) is 0 Å². The maximum absolute atomic E-state index is 5.11. The Hall–Kier alpha value is -2.35. The van der Waals surface area contributed by atoms with Crippen LogP contribution in [-0.4, -0.2) is 43.8 Å². The Balaban J connectivity index is 0.000000269. The summed E-state index contributed by atoms with van der Waals surface area (Å²) in [4.78, 5) is 10.6. The van der Waals surface area contributed by atoms with Crippen LogP contribution in [-0.2, 0) is 4.74 Å². The van der Waals surface area contributed by atoms with E-state index in [9.17, 15) is 0 Å². The normalized spacial score (nSPS) is 13.9. The fourth-order valence-corrected chi connectivity index (χ4v) is 4.32. The van der Waals surface area contributed by atoms with E-state index in [0.717, 1.165) is 35.7 Å². The highest BCUT2D eigenvalue weighted by Gasteiger charge is 2.14. The van der Waals surface area contributed by atoms with Crippen LogP contribution >= 0.6 is 11.9 Å². The maximum Gasteiger partial charge on any atom is 0.225 e. The van der Waals surface area contributed by atoms with E-state index < -0.39 is 0 Å². The van der Waals surface area contributed by atoms with E-state index in [1.165, 1.54) is 37.0 Å². The van der Waals surface area contributed by atoms with Crippen molar-refractivity contribution in [2.75, 3.05) is 44.5 Å². The summed E-state index contributed by atoms with van der Waals surface area (Å²) >= 11 is 1.63. The lowest BCUT2D eigenvalue weighted by Crippen LogP contribution is -2.19. The number of rotatable bonds is 9. The van der Waals surface area contributed by atoms with Crippen molar-refractivity contribution < 1.29 is 4.74 Å². The molecule has 0 atom stereocenters. The minimum atomic E-state index is 0.656. The second-order valence-electron chi connectivity index (χ2n) is 7.84. The van der Waals surface area contributed by atoms with E-state index in [2.05, 4.69) is 43.5 Å². The first-order chi connectivity index (χ1) is 15.8. The van der Waals surface area contributed by atoms with Gasteiger partial charge in [0.2, 0.25) is 5.95 Å². The molecule has 0 aliphatic heterocycles. The first kappa shape index (κ1) is 24.3. The average Bonchev–Trinajstić information content (AvgIpc) is 2.85. The third-order valence-electron chi connectivity index (χ3n) is 5.44. The summed E-state index contributed by atoms with van der Waals surface area (Å²) in [6.07, 6.45) is 6.74. The number of methoxy groups -OCH3 is 1. The van der Waals surface area contributed by atoms with Crippen molar-refractivity contribution in [3.05, 3.63) is 54.6 Å². The van der Waals surface area contributed by atoms with Gasteiger partial charge in [-0.05, 0) is 62.0 Å². The second kappa shape index (κ2) is 13.9. The minimum absolute atomic E-state index is 0.656. The number of fused-ring (bicyclic) bond motifs is 1. The largest absolute Gasteiger partial charge is 0.383 e. The van der Waals surface area contributed by atoms with Crippen molar-refractivity contribution in [1.82, 2.24) is 14.7 Å². The Labute approximate surface area is 196 Å². The van der Waals surface area contributed by atoms with Crippen molar-refractivity contribution in [2.45, 2.75) is 37.0 Å². The molecular formula is C25H35N5OS. The van der Waals surface area contributed by atoms with Crippen LogP contribution in [0, 0.1) is 5.92 Å². The van der Waals surface area contributed by atoms with Gasteiger partial charge in [0.05, 0.1) is 12.1 Å². The number of para-hydroxylation sites is 1. The molecule has 1 aliphatic rings. The summed E-state index contributed by atoms with van der Waals surface area (Å²) in [6, 6.07) is 18.3. The van der Waals surface area contributed by atoms with Gasteiger partial charge in [0.1, 0.15) is 5.82 Å². The van der Waals surface area contributed by atoms with Gasteiger partial charge in [-0.3, -0.25) is 4.72 Å². The maximum atomic E-state index is 5.11. The number of anilines is 2. The van der Waals surface area contributed by atoms with Crippen molar-refractivity contribution in [2.24, 2.45) is 5.92 Å². The van der Waals surface area contributed by atoms with Crippen LogP contribution in [0.15, 0.2) is 59.5 Å². The number of aromatic nitrogens is 2. The van der Waals surface area contributed by atoms with E-state index >= 15 is 0 Å². The van der Waals surface area contributed by atoms with Gasteiger partial charge in [-0.1, -0.05) is 49.6 Å². The molecule has 1 heterocycles. The molecule has 0 unspecified atom stereocenters. The van der Waals surface area contributed by atoms with E-state index in [4.69, 9.17) is 4.74 Å². The fraction of sp³-hybridized carbons (Fsp3) is 0.440. The van der Waals surface area contributed by atoms with Gasteiger partial charge >= 0.3 is 0 Å². The molecule has 6 nitrogen and oxygen atoms in total. The second-order valence-corrected chi connectivity index (χ2v) is 8.92. The van der Waals surface area contributed by atoms with Crippen LogP contribution in [0.2, 0.25) is 0 Å². The molecule has 3 N–H and O–H groups in total. The van der Waals surface area contributed by atoms with Crippen LogP contribution in [0.3, 0.4) is 0 Å². The highest BCUT2D eigenvalue weighted by molar-refractivity contribution is 7.97. The molecule has 4 rings (SSSR count). The SMILES string of the molecule is CNSc1ccccc1.COCCNc1nc(NCC2CCCCC2)nc2ccccc12.